The van der Waals surface area contributed by atoms with Crippen LogP contribution in [-0.2, 0) is 21.2 Å². The molecule has 0 bridgehead atoms. The molecule has 0 heterocycles. The third-order valence-corrected chi connectivity index (χ3v) is 5.51. The van der Waals surface area contributed by atoms with Gasteiger partial charge in [-0.25, -0.2) is 12.7 Å². The van der Waals surface area contributed by atoms with Gasteiger partial charge in [0.1, 0.15) is 0 Å². The number of nitrogens with one attached hydrogen (secondary N) is 1. The molecule has 0 aromatic heterocycles. The van der Waals surface area contributed by atoms with Crippen LogP contribution in [0.5, 0.6) is 0 Å². The standard InChI is InChI=1S/C16H17BrN2O3S/c1-19(2)23(21,22)15-5-3-4-14(11-15)18-16(20)10-12-6-8-13(17)9-7-12/h3-9,11H,10H2,1-2H3,(H,18,20). The van der Waals surface area contributed by atoms with Gasteiger partial charge in [0, 0.05) is 24.3 Å². The molecule has 2 rings (SSSR count). The van der Waals surface area contributed by atoms with Crippen LogP contribution in [0.4, 0.5) is 5.69 Å². The summed E-state index contributed by atoms with van der Waals surface area (Å²) in [5, 5.41) is 2.72. The van der Waals surface area contributed by atoms with Gasteiger partial charge in [-0.05, 0) is 35.9 Å². The number of hydrogen-bond donors (Lipinski definition) is 1. The minimum absolute atomic E-state index is 0.143. The Bertz CT molecular complexity index is 802. The first-order valence-electron chi connectivity index (χ1n) is 6.86. The maximum atomic E-state index is 12.1. The molecule has 5 nitrogen and oxygen atoms in total. The topological polar surface area (TPSA) is 66.5 Å². The number of halogens is 1. The van der Waals surface area contributed by atoms with Gasteiger partial charge in [0.15, 0.2) is 0 Å². The molecular formula is C16H17BrN2O3S. The molecule has 0 aliphatic carbocycles. The van der Waals surface area contributed by atoms with E-state index in [0.717, 1.165) is 14.3 Å². The van der Waals surface area contributed by atoms with Crippen molar-refractivity contribution in [1.29, 1.82) is 0 Å². The fourth-order valence-corrected chi connectivity index (χ4v) is 3.15. The van der Waals surface area contributed by atoms with E-state index < -0.39 is 10.0 Å². The molecular weight excluding hydrogens is 380 g/mol. The average molecular weight is 397 g/mol. The second kappa shape index (κ2) is 7.25. The largest absolute Gasteiger partial charge is 0.326 e. The maximum absolute atomic E-state index is 12.1. The smallest absolute Gasteiger partial charge is 0.242 e. The van der Waals surface area contributed by atoms with Gasteiger partial charge < -0.3 is 5.32 Å². The van der Waals surface area contributed by atoms with Crippen LogP contribution in [0.1, 0.15) is 5.56 Å². The average Bonchev–Trinajstić information content (AvgIpc) is 2.49. The van der Waals surface area contributed by atoms with Crippen molar-refractivity contribution < 1.29 is 13.2 Å². The lowest BCUT2D eigenvalue weighted by Crippen LogP contribution is -2.22. The Hall–Kier alpha value is -1.70. The first-order valence-corrected chi connectivity index (χ1v) is 9.09. The molecule has 0 spiro atoms. The summed E-state index contributed by atoms with van der Waals surface area (Å²) in [5.41, 5.74) is 1.33. The van der Waals surface area contributed by atoms with E-state index in [1.54, 1.807) is 12.1 Å². The number of anilines is 1. The molecule has 0 radical (unpaired) electrons. The molecule has 0 fully saturated rings. The lowest BCUT2D eigenvalue weighted by Gasteiger charge is -2.12. The highest BCUT2D eigenvalue weighted by Gasteiger charge is 2.17. The third kappa shape index (κ3) is 4.63. The van der Waals surface area contributed by atoms with Crippen molar-refractivity contribution in [3.05, 3.63) is 58.6 Å². The number of amides is 1. The number of benzene rings is 2. The van der Waals surface area contributed by atoms with E-state index in [0.29, 0.717) is 5.69 Å². The summed E-state index contributed by atoms with van der Waals surface area (Å²) < 4.78 is 26.3. The van der Waals surface area contributed by atoms with Gasteiger partial charge in [-0.15, -0.1) is 0 Å². The van der Waals surface area contributed by atoms with Crippen molar-refractivity contribution in [3.63, 3.8) is 0 Å². The number of sulfonamides is 1. The summed E-state index contributed by atoms with van der Waals surface area (Å²) in [6, 6.07) is 13.7. The molecule has 0 saturated carbocycles. The predicted molar refractivity (Wildman–Crippen MR) is 93.8 cm³/mol. The van der Waals surface area contributed by atoms with Crippen LogP contribution in [0.15, 0.2) is 57.9 Å². The highest BCUT2D eigenvalue weighted by molar-refractivity contribution is 9.10. The van der Waals surface area contributed by atoms with Crippen molar-refractivity contribution in [3.8, 4) is 0 Å². The Labute approximate surface area is 144 Å². The first-order chi connectivity index (χ1) is 10.8. The zero-order chi connectivity index (χ0) is 17.0. The number of carbonyl (C=O) groups excluding carboxylic acids is 1. The van der Waals surface area contributed by atoms with Gasteiger partial charge in [-0.2, -0.15) is 0 Å². The Balaban J connectivity index is 2.11. The van der Waals surface area contributed by atoms with E-state index in [-0.39, 0.29) is 17.2 Å². The van der Waals surface area contributed by atoms with Crippen LogP contribution in [0.2, 0.25) is 0 Å². The molecule has 1 N–H and O–H groups in total. The summed E-state index contributed by atoms with van der Waals surface area (Å²) in [5.74, 6) is -0.202. The van der Waals surface area contributed by atoms with E-state index in [1.165, 1.54) is 26.2 Å². The molecule has 0 aliphatic heterocycles. The molecule has 2 aromatic carbocycles. The van der Waals surface area contributed by atoms with E-state index >= 15 is 0 Å². The van der Waals surface area contributed by atoms with Crippen LogP contribution < -0.4 is 5.32 Å². The zero-order valence-corrected chi connectivity index (χ0v) is 15.2. The Kier molecular flexibility index (Phi) is 5.56. The van der Waals surface area contributed by atoms with Crippen LogP contribution in [0.25, 0.3) is 0 Å². The summed E-state index contributed by atoms with van der Waals surface area (Å²) >= 11 is 3.34. The lowest BCUT2D eigenvalue weighted by molar-refractivity contribution is -0.115. The van der Waals surface area contributed by atoms with Gasteiger partial charge in [-0.3, -0.25) is 4.79 Å². The molecule has 122 valence electrons. The van der Waals surface area contributed by atoms with Gasteiger partial charge in [0.25, 0.3) is 0 Å². The SMILES string of the molecule is CN(C)S(=O)(=O)c1cccc(NC(=O)Cc2ccc(Br)cc2)c1. The van der Waals surface area contributed by atoms with Crippen molar-refractivity contribution in [2.24, 2.45) is 0 Å². The molecule has 23 heavy (non-hydrogen) atoms. The number of carbonyl (C=O) groups is 1. The van der Waals surface area contributed by atoms with Gasteiger partial charge in [-0.1, -0.05) is 34.1 Å². The van der Waals surface area contributed by atoms with E-state index in [9.17, 15) is 13.2 Å². The number of rotatable bonds is 5. The molecule has 2 aromatic rings. The minimum atomic E-state index is -3.52. The zero-order valence-electron chi connectivity index (χ0n) is 12.8. The highest BCUT2D eigenvalue weighted by atomic mass is 79.9. The molecule has 0 saturated heterocycles. The van der Waals surface area contributed by atoms with Crippen molar-refractivity contribution in [2.75, 3.05) is 19.4 Å². The Morgan fingerprint density at radius 1 is 1.13 bits per heavy atom. The summed E-state index contributed by atoms with van der Waals surface area (Å²) in [6.07, 6.45) is 0.220. The molecule has 0 atom stereocenters. The third-order valence-electron chi connectivity index (χ3n) is 3.17. The maximum Gasteiger partial charge on any atom is 0.242 e. The molecule has 7 heteroatoms. The van der Waals surface area contributed by atoms with Crippen LogP contribution in [0, 0.1) is 0 Å². The van der Waals surface area contributed by atoms with Crippen molar-refractivity contribution >= 4 is 37.5 Å². The first kappa shape index (κ1) is 17.7. The second-order valence-electron chi connectivity index (χ2n) is 5.17. The Morgan fingerprint density at radius 2 is 1.78 bits per heavy atom. The summed E-state index contributed by atoms with van der Waals surface area (Å²) in [6.45, 7) is 0. The Morgan fingerprint density at radius 3 is 2.39 bits per heavy atom. The van der Waals surface area contributed by atoms with Gasteiger partial charge in [0.2, 0.25) is 15.9 Å². The summed E-state index contributed by atoms with van der Waals surface area (Å²) in [4.78, 5) is 12.2. The molecule has 0 aliphatic rings. The number of nitrogens with zero attached hydrogens (tertiary/aromatic N) is 1. The van der Waals surface area contributed by atoms with E-state index in [2.05, 4.69) is 21.2 Å². The summed E-state index contributed by atoms with van der Waals surface area (Å²) in [7, 11) is -0.589. The highest BCUT2D eigenvalue weighted by Crippen LogP contribution is 2.18. The van der Waals surface area contributed by atoms with Crippen LogP contribution >= 0.6 is 15.9 Å². The normalized spacial score (nSPS) is 11.5. The number of hydrogen-bond acceptors (Lipinski definition) is 3. The van der Waals surface area contributed by atoms with Crippen molar-refractivity contribution in [1.82, 2.24) is 4.31 Å². The van der Waals surface area contributed by atoms with Crippen LogP contribution in [0.3, 0.4) is 0 Å². The van der Waals surface area contributed by atoms with Crippen LogP contribution in [-0.4, -0.2) is 32.7 Å². The monoisotopic (exact) mass is 396 g/mol. The van der Waals surface area contributed by atoms with E-state index in [4.69, 9.17) is 0 Å². The lowest BCUT2D eigenvalue weighted by atomic mass is 10.1. The quantitative estimate of drug-likeness (QED) is 0.844. The predicted octanol–water partition coefficient (Wildman–Crippen LogP) is 2.88. The van der Waals surface area contributed by atoms with Crippen molar-refractivity contribution in [2.45, 2.75) is 11.3 Å². The molecule has 1 amide bonds. The van der Waals surface area contributed by atoms with Gasteiger partial charge in [0.05, 0.1) is 11.3 Å². The molecule has 0 unspecified atom stereocenters. The second-order valence-corrected chi connectivity index (χ2v) is 8.23. The minimum Gasteiger partial charge on any atom is -0.326 e. The van der Waals surface area contributed by atoms with Gasteiger partial charge >= 0.3 is 0 Å². The fraction of sp³-hybridized carbons (Fsp3) is 0.188. The fourth-order valence-electron chi connectivity index (χ4n) is 1.94. The van der Waals surface area contributed by atoms with E-state index in [1.807, 2.05) is 24.3 Å².